The molecule has 3 rings (SSSR count). The molecular formula is C56H95N7O11. The number of nitrogens with zero attached hydrogens (tertiary/aromatic N) is 3. The highest BCUT2D eigenvalue weighted by Crippen LogP contribution is 2.30. The van der Waals surface area contributed by atoms with Crippen molar-refractivity contribution in [3.8, 4) is 0 Å². The predicted molar refractivity (Wildman–Crippen MR) is 288 cm³/mol. The molecule has 0 spiro atoms. The van der Waals surface area contributed by atoms with Crippen LogP contribution in [0.1, 0.15) is 159 Å². The number of rotatable bonds is 29. The molecule has 7 amide bonds. The van der Waals surface area contributed by atoms with Crippen LogP contribution in [0.4, 0.5) is 0 Å². The number of aliphatic hydroxyl groups is 1. The minimum absolute atomic E-state index is 0.00544. The lowest BCUT2D eigenvalue weighted by Crippen LogP contribution is -2.54. The van der Waals surface area contributed by atoms with Gasteiger partial charge >= 0.3 is 0 Å². The molecule has 10 atom stereocenters. The Morgan fingerprint density at radius 3 is 1.88 bits per heavy atom. The van der Waals surface area contributed by atoms with Gasteiger partial charge in [-0.3, -0.25) is 59.0 Å². The molecule has 2 heterocycles. The molecule has 2 aliphatic heterocycles. The number of hydrogen-bond acceptors (Lipinski definition) is 12. The average Bonchev–Trinajstić information content (AvgIpc) is 3.99. The average molecular weight is 1040 g/mol. The van der Waals surface area contributed by atoms with E-state index in [4.69, 9.17) is 9.47 Å². The van der Waals surface area contributed by atoms with Crippen LogP contribution < -0.4 is 21.5 Å². The van der Waals surface area contributed by atoms with E-state index in [1.54, 1.807) is 21.1 Å². The monoisotopic (exact) mass is 1040 g/mol. The fourth-order valence-electron chi connectivity index (χ4n) is 9.44. The van der Waals surface area contributed by atoms with Crippen LogP contribution in [-0.4, -0.2) is 144 Å². The molecule has 18 heteroatoms. The number of hydrazine groups is 1. The summed E-state index contributed by atoms with van der Waals surface area (Å²) >= 11 is 0. The molecule has 1 fully saturated rings. The fourth-order valence-corrected chi connectivity index (χ4v) is 9.44. The molecule has 1 aromatic rings. The van der Waals surface area contributed by atoms with Crippen LogP contribution in [0.25, 0.3) is 0 Å². The molecule has 1 saturated heterocycles. The number of ether oxygens (including phenoxy) is 2. The second-order valence-corrected chi connectivity index (χ2v) is 20.3. The first kappa shape index (κ1) is 67.0. The van der Waals surface area contributed by atoms with E-state index in [0.717, 1.165) is 24.8 Å². The van der Waals surface area contributed by atoms with Gasteiger partial charge in [-0.05, 0) is 88.8 Å². The first-order valence-electron chi connectivity index (χ1n) is 27.0. The Morgan fingerprint density at radius 1 is 0.784 bits per heavy atom. The van der Waals surface area contributed by atoms with E-state index in [-0.39, 0.29) is 89.9 Å². The van der Waals surface area contributed by atoms with Gasteiger partial charge in [0.15, 0.2) is 5.78 Å². The molecule has 420 valence electrons. The smallest absolute Gasteiger partial charge is 0.253 e. The van der Waals surface area contributed by atoms with Crippen molar-refractivity contribution in [3.63, 3.8) is 0 Å². The van der Waals surface area contributed by atoms with Crippen LogP contribution in [0.2, 0.25) is 0 Å². The van der Waals surface area contributed by atoms with Crippen LogP contribution >= 0.6 is 0 Å². The van der Waals surface area contributed by atoms with E-state index in [1.165, 1.54) is 24.0 Å². The van der Waals surface area contributed by atoms with Gasteiger partial charge < -0.3 is 30.1 Å². The molecule has 0 aliphatic carbocycles. The largest absolute Gasteiger partial charge is 0.386 e. The summed E-state index contributed by atoms with van der Waals surface area (Å²) in [4.78, 5) is 103. The van der Waals surface area contributed by atoms with Crippen molar-refractivity contribution in [1.29, 1.82) is 0 Å². The van der Waals surface area contributed by atoms with Crippen LogP contribution in [0.15, 0.2) is 42.5 Å². The van der Waals surface area contributed by atoms with Crippen LogP contribution in [-0.2, 0) is 47.8 Å². The summed E-state index contributed by atoms with van der Waals surface area (Å²) in [5, 5.41) is 16.4. The molecule has 0 radical (unpaired) electrons. The van der Waals surface area contributed by atoms with Crippen molar-refractivity contribution in [1.82, 2.24) is 36.2 Å². The SMILES string of the molecule is CC.CC(=O)[C@@H](NC(=O)C(C(C)C)N(C)CCCC(=O)NNC(=O)CCCCCN1C(=O)C=CC1=O)C(C)C.CCC(C)[C@H](C)C(CC(=O)N1CCC[C@H]1[C@H](OC)[C@@H](C)C(=O)NC(C)C(O)c1ccccc1)OC. The fraction of sp³-hybridized carbons (Fsp3) is 0.714. The van der Waals surface area contributed by atoms with E-state index in [0.29, 0.717) is 57.7 Å². The maximum Gasteiger partial charge on any atom is 0.253 e. The summed E-state index contributed by atoms with van der Waals surface area (Å²) < 4.78 is 11.5. The Labute approximate surface area is 443 Å². The third kappa shape index (κ3) is 22.0. The van der Waals surface area contributed by atoms with Gasteiger partial charge in [-0.1, -0.05) is 112 Å². The van der Waals surface area contributed by atoms with Crippen molar-refractivity contribution < 1.29 is 52.9 Å². The zero-order valence-electron chi connectivity index (χ0n) is 47.5. The third-order valence-electron chi connectivity index (χ3n) is 14.2. The zero-order chi connectivity index (χ0) is 56.2. The normalized spacial score (nSPS) is 18.0. The summed E-state index contributed by atoms with van der Waals surface area (Å²) in [5.41, 5.74) is 5.54. The Morgan fingerprint density at radius 2 is 1.36 bits per heavy atom. The van der Waals surface area contributed by atoms with Crippen molar-refractivity contribution in [2.75, 3.05) is 40.9 Å². The van der Waals surface area contributed by atoms with Crippen molar-refractivity contribution in [2.45, 2.75) is 190 Å². The third-order valence-corrected chi connectivity index (χ3v) is 14.2. The maximum absolute atomic E-state index is 13.3. The van der Waals surface area contributed by atoms with E-state index < -0.39 is 36.3 Å². The first-order chi connectivity index (χ1) is 35.0. The lowest BCUT2D eigenvalue weighted by molar-refractivity contribution is -0.143. The summed E-state index contributed by atoms with van der Waals surface area (Å²) in [6.45, 7) is 24.7. The molecule has 1 aromatic carbocycles. The number of nitrogens with one attached hydrogen (secondary N) is 4. The summed E-state index contributed by atoms with van der Waals surface area (Å²) in [5.74, 6) is -1.46. The predicted octanol–water partition coefficient (Wildman–Crippen LogP) is 6.07. The Hall–Kier alpha value is -5.04. The zero-order valence-corrected chi connectivity index (χ0v) is 47.5. The van der Waals surface area contributed by atoms with E-state index in [2.05, 4.69) is 42.3 Å². The van der Waals surface area contributed by atoms with Crippen LogP contribution in [0, 0.1) is 29.6 Å². The van der Waals surface area contributed by atoms with Crippen molar-refractivity contribution in [2.24, 2.45) is 29.6 Å². The quantitative estimate of drug-likeness (QED) is 0.0350. The summed E-state index contributed by atoms with van der Waals surface area (Å²) in [7, 11) is 5.09. The number of aliphatic hydroxyl groups excluding tert-OH is 1. The highest BCUT2D eigenvalue weighted by molar-refractivity contribution is 6.12. The molecule has 2 aliphatic rings. The number of unbranched alkanes of at least 4 members (excludes halogenated alkanes) is 2. The Balaban J connectivity index is 0.000000717. The molecule has 74 heavy (non-hydrogen) atoms. The second-order valence-electron chi connectivity index (χ2n) is 20.3. The number of imide groups is 1. The molecule has 5 N–H and O–H groups in total. The summed E-state index contributed by atoms with van der Waals surface area (Å²) in [6, 6.07) is 7.68. The lowest BCUT2D eigenvalue weighted by Gasteiger charge is -2.36. The number of likely N-dealkylation sites (N-methyl/N-ethyl adjacent to an activating group) is 1. The van der Waals surface area contributed by atoms with Crippen molar-refractivity contribution >= 4 is 47.1 Å². The molecular weight excluding hydrogens is 947 g/mol. The van der Waals surface area contributed by atoms with E-state index in [1.807, 2.05) is 95.6 Å². The number of likely N-dealkylation sites (tertiary alicyclic amines) is 1. The van der Waals surface area contributed by atoms with E-state index >= 15 is 0 Å². The van der Waals surface area contributed by atoms with Crippen LogP contribution in [0.5, 0.6) is 0 Å². The number of amides is 7. The van der Waals surface area contributed by atoms with Gasteiger partial charge in [-0.2, -0.15) is 0 Å². The number of methoxy groups -OCH3 is 2. The Bertz CT molecular complexity index is 1910. The van der Waals surface area contributed by atoms with Gasteiger partial charge in [-0.15, -0.1) is 0 Å². The lowest BCUT2D eigenvalue weighted by atomic mass is 9.87. The summed E-state index contributed by atoms with van der Waals surface area (Å²) in [6.07, 6.45) is 6.86. The van der Waals surface area contributed by atoms with Gasteiger partial charge in [0.2, 0.25) is 29.5 Å². The second kappa shape index (κ2) is 35.3. The molecule has 0 bridgehead atoms. The number of benzene rings is 1. The number of carbonyl (C=O) groups is 8. The maximum atomic E-state index is 13.3. The molecule has 18 nitrogen and oxygen atoms in total. The number of hydrogen-bond donors (Lipinski definition) is 5. The highest BCUT2D eigenvalue weighted by atomic mass is 16.5. The minimum atomic E-state index is -0.809. The van der Waals surface area contributed by atoms with Gasteiger partial charge in [-0.25, -0.2) is 0 Å². The van der Waals surface area contributed by atoms with Gasteiger partial charge in [0.25, 0.3) is 11.8 Å². The molecule has 0 aromatic heterocycles. The van der Waals surface area contributed by atoms with Crippen LogP contribution in [0.3, 0.4) is 0 Å². The van der Waals surface area contributed by atoms with Gasteiger partial charge in [0, 0.05) is 52.3 Å². The molecule has 0 saturated carbocycles. The number of Topliss-reactive ketones (excluding diaryl/α,β-unsaturated/α-hetero) is 1. The van der Waals surface area contributed by atoms with Gasteiger partial charge in [0.05, 0.1) is 54.8 Å². The molecule has 5 unspecified atom stereocenters. The van der Waals surface area contributed by atoms with Gasteiger partial charge in [0.1, 0.15) is 0 Å². The van der Waals surface area contributed by atoms with E-state index in [9.17, 15) is 43.5 Å². The first-order valence-corrected chi connectivity index (χ1v) is 27.0. The standard InChI is InChI=1S/C28H46N2O5.C26H43N5O6.C2H6/c1-8-18(2)19(3)24(34-6)17-25(31)30-16-12-15-23(30)27(35-7)20(4)28(33)29-21(5)26(32)22-13-10-9-11-14-22;1-17(2)24(19(5)32)27-26(37)25(18(3)4)30(6)15-10-12-21(34)29-28-20(33)11-8-7-9-16-31-22(35)13-14-23(31)36;1-2/h9-11,13-14,18-21,23-24,26-27,32H,8,12,15-17H2,1-7H3,(H,29,33);13-14,17-18,24-25H,7-12,15-16H2,1-6H3,(H,27,37)(H,28,33)(H,29,34);1-2H3/t18?,19-,20+,21?,23-,24?,26?,27+;24-,25?;/m00./s1. The highest BCUT2D eigenvalue weighted by Gasteiger charge is 2.41. The minimum Gasteiger partial charge on any atom is -0.386 e. The number of ketones is 1. The Kier molecular flexibility index (Phi) is 31.9. The topological polar surface area (TPSA) is 233 Å². The number of carbonyl (C=O) groups excluding carboxylic acids is 8. The van der Waals surface area contributed by atoms with Crippen molar-refractivity contribution in [3.05, 3.63) is 48.0 Å².